The topological polar surface area (TPSA) is 101 Å². The molecule has 0 aliphatic rings. The van der Waals surface area contributed by atoms with Crippen LogP contribution < -0.4 is 11.1 Å². The van der Waals surface area contributed by atoms with Gasteiger partial charge in [0.25, 0.3) is 0 Å². The second-order valence-corrected chi connectivity index (χ2v) is 5.65. The van der Waals surface area contributed by atoms with Gasteiger partial charge in [-0.05, 0) is 31.0 Å². The number of benzene rings is 1. The molecule has 1 aromatic carbocycles. The van der Waals surface area contributed by atoms with E-state index >= 15 is 0 Å². The van der Waals surface area contributed by atoms with Gasteiger partial charge in [-0.25, -0.2) is 4.98 Å². The van der Waals surface area contributed by atoms with Crippen molar-refractivity contribution in [2.45, 2.75) is 26.7 Å². The number of hydrogen-bond acceptors (Lipinski definition) is 5. The first-order valence-corrected chi connectivity index (χ1v) is 7.58. The van der Waals surface area contributed by atoms with Gasteiger partial charge in [-0.1, -0.05) is 19.0 Å². The number of nitrogens with one attached hydrogen (secondary N) is 1. The highest BCUT2D eigenvalue weighted by Gasteiger charge is 2.39. The van der Waals surface area contributed by atoms with Crippen molar-refractivity contribution in [3.8, 4) is 0 Å². The van der Waals surface area contributed by atoms with Crippen LogP contribution >= 0.6 is 11.3 Å². The van der Waals surface area contributed by atoms with E-state index in [1.165, 1.54) is 11.3 Å². The Morgan fingerprint density at radius 2 is 2.19 bits per heavy atom. The number of carbonyl (C=O) groups is 1. The number of fused-ring (bicyclic) bond motifs is 1. The Kier molecular flexibility index (Phi) is 4.42. The Balaban J connectivity index is 2.29. The van der Waals surface area contributed by atoms with Crippen LogP contribution in [0.15, 0.2) is 28.9 Å². The molecule has 1 heterocycles. The van der Waals surface area contributed by atoms with E-state index in [-0.39, 0.29) is 11.7 Å². The molecule has 4 N–H and O–H groups in total. The number of amides is 1. The number of thiazole rings is 1. The fourth-order valence-corrected chi connectivity index (χ4v) is 3.05. The molecule has 2 aromatic rings. The number of rotatable bonds is 5. The predicted octanol–water partition coefficient (Wildman–Crippen LogP) is 2.79. The van der Waals surface area contributed by atoms with Crippen LogP contribution in [0.2, 0.25) is 0 Å². The van der Waals surface area contributed by atoms with Gasteiger partial charge in [0.2, 0.25) is 5.91 Å². The third kappa shape index (κ3) is 2.69. The third-order valence-electron chi connectivity index (χ3n) is 3.83. The summed E-state index contributed by atoms with van der Waals surface area (Å²) < 4.78 is 0.996. The van der Waals surface area contributed by atoms with Crippen LogP contribution in [0.1, 0.15) is 26.7 Å². The van der Waals surface area contributed by atoms with Gasteiger partial charge in [0.15, 0.2) is 5.84 Å². The summed E-state index contributed by atoms with van der Waals surface area (Å²) in [5.74, 6) is -0.337. The van der Waals surface area contributed by atoms with E-state index in [2.05, 4.69) is 15.5 Å². The molecular formula is C14H18N4O2S. The maximum Gasteiger partial charge on any atom is 0.238 e. The lowest BCUT2D eigenvalue weighted by Crippen LogP contribution is -2.46. The number of anilines is 1. The molecule has 0 fully saturated rings. The van der Waals surface area contributed by atoms with Crippen LogP contribution in [-0.4, -0.2) is 21.9 Å². The van der Waals surface area contributed by atoms with Crippen LogP contribution in [0.5, 0.6) is 0 Å². The van der Waals surface area contributed by atoms with Crippen LogP contribution in [-0.2, 0) is 4.79 Å². The monoisotopic (exact) mass is 306 g/mol. The van der Waals surface area contributed by atoms with E-state index in [0.29, 0.717) is 18.5 Å². The van der Waals surface area contributed by atoms with Crippen LogP contribution in [0.3, 0.4) is 0 Å². The molecule has 6 nitrogen and oxygen atoms in total. The molecule has 0 saturated heterocycles. The second kappa shape index (κ2) is 6.09. The van der Waals surface area contributed by atoms with Crippen molar-refractivity contribution in [3.05, 3.63) is 23.7 Å². The Bertz CT molecular complexity index is 676. The summed E-state index contributed by atoms with van der Waals surface area (Å²) >= 11 is 1.51. The van der Waals surface area contributed by atoms with Gasteiger partial charge in [0.1, 0.15) is 5.41 Å². The Morgan fingerprint density at radius 3 is 2.81 bits per heavy atom. The molecule has 0 unspecified atom stereocenters. The van der Waals surface area contributed by atoms with Crippen molar-refractivity contribution in [3.63, 3.8) is 0 Å². The molecule has 7 heteroatoms. The van der Waals surface area contributed by atoms with Gasteiger partial charge < -0.3 is 16.3 Å². The van der Waals surface area contributed by atoms with Gasteiger partial charge in [0, 0.05) is 5.69 Å². The first-order chi connectivity index (χ1) is 10.1. The van der Waals surface area contributed by atoms with Crippen molar-refractivity contribution in [2.24, 2.45) is 16.3 Å². The molecule has 2 rings (SSSR count). The number of hydrogen-bond donors (Lipinski definition) is 3. The number of nitrogens with two attached hydrogens (primary N) is 1. The Labute approximate surface area is 126 Å². The van der Waals surface area contributed by atoms with Crippen LogP contribution in [0.25, 0.3) is 10.2 Å². The van der Waals surface area contributed by atoms with E-state index in [4.69, 9.17) is 10.9 Å². The molecule has 21 heavy (non-hydrogen) atoms. The fraction of sp³-hybridized carbons (Fsp3) is 0.357. The zero-order valence-electron chi connectivity index (χ0n) is 12.0. The fourth-order valence-electron chi connectivity index (χ4n) is 2.33. The minimum atomic E-state index is -1.00. The van der Waals surface area contributed by atoms with E-state index in [9.17, 15) is 4.79 Å². The van der Waals surface area contributed by atoms with Crippen LogP contribution in [0.4, 0.5) is 5.69 Å². The highest BCUT2D eigenvalue weighted by atomic mass is 32.1. The van der Waals surface area contributed by atoms with Crippen molar-refractivity contribution >= 4 is 39.0 Å². The second-order valence-electron chi connectivity index (χ2n) is 4.76. The van der Waals surface area contributed by atoms with E-state index in [1.54, 1.807) is 11.6 Å². The quantitative estimate of drug-likeness (QED) is 0.342. The summed E-state index contributed by atoms with van der Waals surface area (Å²) in [6.07, 6.45) is 0.905. The number of aromatic nitrogens is 1. The Morgan fingerprint density at radius 1 is 1.48 bits per heavy atom. The number of carbonyl (C=O) groups excluding carboxylic acids is 1. The molecule has 0 spiro atoms. The molecule has 1 amide bonds. The molecule has 112 valence electrons. The van der Waals surface area contributed by atoms with Crippen molar-refractivity contribution < 1.29 is 10.0 Å². The maximum absolute atomic E-state index is 12.6. The van der Waals surface area contributed by atoms with Crippen molar-refractivity contribution in [1.29, 1.82) is 0 Å². The number of amidine groups is 1. The number of oxime groups is 1. The molecule has 0 aliphatic carbocycles. The SMILES string of the molecule is CCC(CC)(C(=O)Nc1ccc2ncsc2c1)/C(N)=N/O. The van der Waals surface area contributed by atoms with E-state index < -0.39 is 5.41 Å². The molecule has 0 bridgehead atoms. The molecule has 0 atom stereocenters. The summed E-state index contributed by atoms with van der Waals surface area (Å²) in [5.41, 5.74) is 8.06. The zero-order chi connectivity index (χ0) is 15.5. The molecule has 0 radical (unpaired) electrons. The summed E-state index contributed by atoms with van der Waals surface area (Å²) in [7, 11) is 0. The highest BCUT2D eigenvalue weighted by Crippen LogP contribution is 2.29. The lowest BCUT2D eigenvalue weighted by molar-refractivity contribution is -0.122. The smallest absolute Gasteiger partial charge is 0.238 e. The highest BCUT2D eigenvalue weighted by molar-refractivity contribution is 7.16. The van der Waals surface area contributed by atoms with Gasteiger partial charge in [-0.2, -0.15) is 0 Å². The average molecular weight is 306 g/mol. The minimum Gasteiger partial charge on any atom is -0.409 e. The summed E-state index contributed by atoms with van der Waals surface area (Å²) in [4.78, 5) is 16.8. The van der Waals surface area contributed by atoms with E-state index in [0.717, 1.165) is 10.2 Å². The largest absolute Gasteiger partial charge is 0.409 e. The normalized spacial score (nSPS) is 12.6. The first kappa shape index (κ1) is 15.2. The summed E-state index contributed by atoms with van der Waals surface area (Å²) in [5, 5.41) is 14.8. The molecule has 0 saturated carbocycles. The summed E-state index contributed by atoms with van der Waals surface area (Å²) in [6, 6.07) is 5.51. The average Bonchev–Trinajstić information content (AvgIpc) is 2.96. The van der Waals surface area contributed by atoms with E-state index in [1.807, 2.05) is 26.0 Å². The molecular weight excluding hydrogens is 288 g/mol. The van der Waals surface area contributed by atoms with Crippen molar-refractivity contribution in [2.75, 3.05) is 5.32 Å². The number of nitrogens with zero attached hydrogens (tertiary/aromatic N) is 2. The van der Waals surface area contributed by atoms with Crippen LogP contribution in [0, 0.1) is 5.41 Å². The minimum absolute atomic E-state index is 0.0659. The Hall–Kier alpha value is -2.15. The van der Waals surface area contributed by atoms with Gasteiger partial charge in [0.05, 0.1) is 15.7 Å². The van der Waals surface area contributed by atoms with Gasteiger partial charge in [-0.15, -0.1) is 11.3 Å². The van der Waals surface area contributed by atoms with Gasteiger partial charge in [-0.3, -0.25) is 4.79 Å². The van der Waals surface area contributed by atoms with Crippen molar-refractivity contribution in [1.82, 2.24) is 4.98 Å². The maximum atomic E-state index is 12.6. The lowest BCUT2D eigenvalue weighted by atomic mass is 9.80. The van der Waals surface area contributed by atoms with Gasteiger partial charge >= 0.3 is 0 Å². The summed E-state index contributed by atoms with van der Waals surface area (Å²) in [6.45, 7) is 3.68. The first-order valence-electron chi connectivity index (χ1n) is 6.70. The third-order valence-corrected chi connectivity index (χ3v) is 4.62. The molecule has 0 aliphatic heterocycles. The standard InChI is InChI=1S/C14H18N4O2S/c1-3-14(4-2,12(15)18-20)13(19)17-9-5-6-10-11(7-9)21-8-16-10/h5-8,20H,3-4H2,1-2H3,(H2,15,18)(H,17,19). The predicted molar refractivity (Wildman–Crippen MR) is 84.7 cm³/mol. The molecule has 1 aromatic heterocycles. The zero-order valence-corrected chi connectivity index (χ0v) is 12.8. The lowest BCUT2D eigenvalue weighted by Gasteiger charge is -2.28.